The predicted octanol–water partition coefficient (Wildman–Crippen LogP) is 4.93. The third-order valence-electron chi connectivity index (χ3n) is 4.05. The van der Waals surface area contributed by atoms with Crippen molar-refractivity contribution in [1.82, 2.24) is 4.98 Å². The van der Waals surface area contributed by atoms with E-state index in [4.69, 9.17) is 11.6 Å². The van der Waals surface area contributed by atoms with Gasteiger partial charge < -0.3 is 10.2 Å². The minimum absolute atomic E-state index is 0.166. The van der Waals surface area contributed by atoms with Crippen molar-refractivity contribution in [3.63, 3.8) is 0 Å². The highest BCUT2D eigenvalue weighted by Crippen LogP contribution is 2.29. The molecule has 1 aromatic carbocycles. The normalized spacial score (nSPS) is 18.5. The van der Waals surface area contributed by atoms with Crippen molar-refractivity contribution in [3.05, 3.63) is 39.6 Å². The van der Waals surface area contributed by atoms with Crippen LogP contribution in [-0.2, 0) is 6.54 Å². The van der Waals surface area contributed by atoms with Gasteiger partial charge >= 0.3 is 0 Å². The maximum Gasteiger partial charge on any atom is 0.183 e. The third-order valence-corrected chi connectivity index (χ3v) is 5.17. The summed E-state index contributed by atoms with van der Waals surface area (Å²) in [5.74, 6) is -0.166. The molecule has 3 rings (SSSR count). The van der Waals surface area contributed by atoms with Gasteiger partial charge in [0.2, 0.25) is 0 Å². The first kappa shape index (κ1) is 15.6. The molecule has 0 bridgehead atoms. The van der Waals surface area contributed by atoms with E-state index in [9.17, 15) is 4.39 Å². The second-order valence-electron chi connectivity index (χ2n) is 5.64. The van der Waals surface area contributed by atoms with Crippen molar-refractivity contribution < 1.29 is 4.39 Å². The summed E-state index contributed by atoms with van der Waals surface area (Å²) < 4.78 is 15.0. The summed E-state index contributed by atoms with van der Waals surface area (Å²) in [4.78, 5) is 7.19. The Balaban J connectivity index is 1.68. The molecule has 0 aliphatic carbocycles. The van der Waals surface area contributed by atoms with E-state index in [0.29, 0.717) is 22.7 Å². The quantitative estimate of drug-likeness (QED) is 0.856. The lowest BCUT2D eigenvalue weighted by molar-refractivity contribution is 0.476. The number of hydrogen-bond donors (Lipinski definition) is 1. The van der Waals surface area contributed by atoms with Crippen LogP contribution < -0.4 is 10.2 Å². The van der Waals surface area contributed by atoms with E-state index in [1.54, 1.807) is 12.3 Å². The van der Waals surface area contributed by atoms with Gasteiger partial charge in [0.05, 0.1) is 12.2 Å². The molecule has 1 saturated heterocycles. The van der Waals surface area contributed by atoms with Gasteiger partial charge in [-0.25, -0.2) is 9.37 Å². The Bertz CT molecular complexity index is 646. The molecule has 1 aliphatic heterocycles. The van der Waals surface area contributed by atoms with Gasteiger partial charge in [-0.2, -0.15) is 0 Å². The van der Waals surface area contributed by atoms with Gasteiger partial charge in [0, 0.05) is 29.3 Å². The molecular weight excluding hydrogens is 321 g/mol. The lowest BCUT2D eigenvalue weighted by Gasteiger charge is -2.35. The van der Waals surface area contributed by atoms with Crippen LogP contribution in [0.15, 0.2) is 24.4 Å². The van der Waals surface area contributed by atoms with Crippen molar-refractivity contribution in [1.29, 1.82) is 0 Å². The summed E-state index contributed by atoms with van der Waals surface area (Å²) in [6, 6.07) is 5.78. The highest BCUT2D eigenvalue weighted by molar-refractivity contribution is 7.15. The molecule has 6 heteroatoms. The van der Waals surface area contributed by atoms with Crippen molar-refractivity contribution in [2.45, 2.75) is 38.8 Å². The van der Waals surface area contributed by atoms with Crippen molar-refractivity contribution in [3.8, 4) is 0 Å². The number of anilines is 2. The molecule has 1 unspecified atom stereocenters. The number of benzene rings is 1. The fraction of sp³-hybridized carbons (Fsp3) is 0.438. The molecule has 2 aromatic rings. The Morgan fingerprint density at radius 1 is 1.45 bits per heavy atom. The molecule has 1 N–H and O–H groups in total. The van der Waals surface area contributed by atoms with Gasteiger partial charge in [-0.05, 0) is 44.4 Å². The summed E-state index contributed by atoms with van der Waals surface area (Å²) >= 11 is 7.23. The van der Waals surface area contributed by atoms with Crippen LogP contribution in [0.2, 0.25) is 4.47 Å². The zero-order valence-corrected chi connectivity index (χ0v) is 14.1. The maximum atomic E-state index is 14.4. The maximum absolute atomic E-state index is 14.4. The van der Waals surface area contributed by atoms with E-state index < -0.39 is 0 Å². The highest BCUT2D eigenvalue weighted by Gasteiger charge is 2.21. The molecule has 0 spiro atoms. The second-order valence-corrected chi connectivity index (χ2v) is 7.33. The highest BCUT2D eigenvalue weighted by atomic mass is 35.5. The molecule has 1 atom stereocenters. The van der Waals surface area contributed by atoms with Crippen molar-refractivity contribution in [2.24, 2.45) is 0 Å². The summed E-state index contributed by atoms with van der Waals surface area (Å²) in [6.07, 6.45) is 5.23. The summed E-state index contributed by atoms with van der Waals surface area (Å²) in [5.41, 5.74) is 1.48. The molecule has 0 saturated carbocycles. The first-order chi connectivity index (χ1) is 10.6. The Labute approximate surface area is 139 Å². The smallest absolute Gasteiger partial charge is 0.183 e. The lowest BCUT2D eigenvalue weighted by Crippen LogP contribution is -2.37. The number of piperidine rings is 1. The van der Waals surface area contributed by atoms with E-state index >= 15 is 0 Å². The number of aromatic nitrogens is 1. The number of nitrogens with zero attached hydrogens (tertiary/aromatic N) is 2. The van der Waals surface area contributed by atoms with Crippen molar-refractivity contribution >= 4 is 34.3 Å². The summed E-state index contributed by atoms with van der Waals surface area (Å²) in [7, 11) is 0. The molecule has 0 amide bonds. The van der Waals surface area contributed by atoms with E-state index in [1.165, 1.54) is 17.8 Å². The number of nitrogens with one attached hydrogen (secondary N) is 1. The van der Waals surface area contributed by atoms with E-state index in [0.717, 1.165) is 30.0 Å². The zero-order chi connectivity index (χ0) is 15.5. The van der Waals surface area contributed by atoms with Crippen LogP contribution in [0.1, 0.15) is 31.1 Å². The molecule has 0 radical (unpaired) electrons. The number of thiazole rings is 1. The van der Waals surface area contributed by atoms with Crippen molar-refractivity contribution in [2.75, 3.05) is 16.8 Å². The molecule has 2 heterocycles. The van der Waals surface area contributed by atoms with E-state index in [1.807, 2.05) is 12.1 Å². The standard InChI is InChI=1S/C16H19ClFN3S/c1-11-4-2-3-7-21(11)15-6-5-12(8-14(15)18)19-9-13-10-20-16(17)22-13/h5-6,8,10-11,19H,2-4,7,9H2,1H3. The Kier molecular flexibility index (Phi) is 4.84. The van der Waals surface area contributed by atoms with Gasteiger partial charge in [0.15, 0.2) is 4.47 Å². The van der Waals surface area contributed by atoms with Crippen LogP contribution in [-0.4, -0.2) is 17.6 Å². The van der Waals surface area contributed by atoms with E-state index in [2.05, 4.69) is 22.1 Å². The van der Waals surface area contributed by atoms with Crippen LogP contribution in [0.5, 0.6) is 0 Å². The number of hydrogen-bond acceptors (Lipinski definition) is 4. The monoisotopic (exact) mass is 339 g/mol. The molecule has 1 aliphatic rings. The SMILES string of the molecule is CC1CCCCN1c1ccc(NCc2cnc(Cl)s2)cc1F. The molecule has 1 fully saturated rings. The second kappa shape index (κ2) is 6.84. The zero-order valence-electron chi connectivity index (χ0n) is 12.5. The molecular formula is C16H19ClFN3S. The Hall–Kier alpha value is -1.33. The lowest BCUT2D eigenvalue weighted by atomic mass is 10.0. The minimum atomic E-state index is -0.166. The topological polar surface area (TPSA) is 28.2 Å². The van der Waals surface area contributed by atoms with Crippen LogP contribution in [0.25, 0.3) is 0 Å². The van der Waals surface area contributed by atoms with Gasteiger partial charge in [-0.15, -0.1) is 11.3 Å². The van der Waals surface area contributed by atoms with Crippen LogP contribution >= 0.6 is 22.9 Å². The fourth-order valence-electron chi connectivity index (χ4n) is 2.86. The molecule has 3 nitrogen and oxygen atoms in total. The van der Waals surface area contributed by atoms with Gasteiger partial charge in [-0.3, -0.25) is 0 Å². The summed E-state index contributed by atoms with van der Waals surface area (Å²) in [5, 5.41) is 3.21. The fourth-order valence-corrected chi connectivity index (χ4v) is 3.78. The summed E-state index contributed by atoms with van der Waals surface area (Å²) in [6.45, 7) is 3.70. The van der Waals surface area contributed by atoms with Gasteiger partial charge in [-0.1, -0.05) is 11.6 Å². The van der Waals surface area contributed by atoms with Crippen LogP contribution in [0, 0.1) is 5.82 Å². The molecule has 118 valence electrons. The molecule has 22 heavy (non-hydrogen) atoms. The first-order valence-electron chi connectivity index (χ1n) is 7.54. The largest absolute Gasteiger partial charge is 0.380 e. The van der Waals surface area contributed by atoms with Gasteiger partial charge in [0.25, 0.3) is 0 Å². The predicted molar refractivity (Wildman–Crippen MR) is 91.5 cm³/mol. The van der Waals surface area contributed by atoms with Crippen LogP contribution in [0.4, 0.5) is 15.8 Å². The first-order valence-corrected chi connectivity index (χ1v) is 8.73. The Morgan fingerprint density at radius 2 is 2.32 bits per heavy atom. The average molecular weight is 340 g/mol. The number of rotatable bonds is 4. The average Bonchev–Trinajstić information content (AvgIpc) is 2.92. The number of halogens is 2. The van der Waals surface area contributed by atoms with E-state index in [-0.39, 0.29) is 5.82 Å². The van der Waals surface area contributed by atoms with Gasteiger partial charge in [0.1, 0.15) is 5.82 Å². The Morgan fingerprint density at radius 3 is 3.00 bits per heavy atom. The minimum Gasteiger partial charge on any atom is -0.380 e. The van der Waals surface area contributed by atoms with Crippen LogP contribution in [0.3, 0.4) is 0 Å². The molecule has 1 aromatic heterocycles. The third kappa shape index (κ3) is 3.52.